The maximum atomic E-state index is 11.0. The van der Waals surface area contributed by atoms with Gasteiger partial charge in [0.1, 0.15) is 0 Å². The summed E-state index contributed by atoms with van der Waals surface area (Å²) >= 11 is 7.35. The number of hydrogen-bond acceptors (Lipinski definition) is 9. The zero-order valence-electron chi connectivity index (χ0n) is 9.61. The summed E-state index contributed by atoms with van der Waals surface area (Å²) in [6.45, 7) is 2.91. The van der Waals surface area contributed by atoms with Gasteiger partial charge in [0.15, 0.2) is 4.32 Å². The highest BCUT2D eigenvalue weighted by Crippen LogP contribution is 2.21. The predicted molar refractivity (Wildman–Crippen MR) is 77.5 cm³/mol. The van der Waals surface area contributed by atoms with Crippen LogP contribution in [0.4, 0.5) is 5.13 Å². The summed E-state index contributed by atoms with van der Waals surface area (Å²) in [6, 6.07) is 0. The van der Waals surface area contributed by atoms with E-state index in [-0.39, 0.29) is 4.34 Å². The number of morpholine rings is 1. The van der Waals surface area contributed by atoms with Gasteiger partial charge in [-0.25, -0.2) is 17.9 Å². The second kappa shape index (κ2) is 6.39. The number of thiocarbonyl (C=S) groups is 1. The van der Waals surface area contributed by atoms with E-state index in [1.165, 1.54) is 11.9 Å². The number of nitrogens with zero attached hydrogens (tertiary/aromatic N) is 3. The van der Waals surface area contributed by atoms with Crippen molar-refractivity contribution in [2.24, 2.45) is 5.14 Å². The maximum absolute atomic E-state index is 11.0. The van der Waals surface area contributed by atoms with Gasteiger partial charge in [0.25, 0.3) is 10.0 Å². The molecule has 8 nitrogen and oxygen atoms in total. The first-order chi connectivity index (χ1) is 8.95. The topological polar surface area (TPSA) is 110 Å². The quantitative estimate of drug-likeness (QED) is 0.573. The van der Waals surface area contributed by atoms with Crippen molar-refractivity contribution in [3.63, 3.8) is 0 Å². The summed E-state index contributed by atoms with van der Waals surface area (Å²) in [5, 5.41) is 15.2. The molecule has 19 heavy (non-hydrogen) atoms. The zero-order chi connectivity index (χ0) is 13.9. The summed E-state index contributed by atoms with van der Waals surface area (Å²) in [5.41, 5.74) is 0. The van der Waals surface area contributed by atoms with Crippen molar-refractivity contribution in [3.05, 3.63) is 0 Å². The molecule has 1 fully saturated rings. The van der Waals surface area contributed by atoms with Gasteiger partial charge in [0, 0.05) is 13.1 Å². The fourth-order valence-corrected chi connectivity index (χ4v) is 3.83. The Hall–Kier alpha value is -0.370. The van der Waals surface area contributed by atoms with E-state index < -0.39 is 10.0 Å². The lowest BCUT2D eigenvalue weighted by molar-refractivity contribution is 0.0778. The number of primary sulfonamides is 1. The lowest BCUT2D eigenvalue weighted by atomic mass is 10.5. The Balaban J connectivity index is 1.90. The number of ether oxygens (including phenoxy) is 1. The second-order valence-corrected chi connectivity index (χ2v) is 7.95. The molecule has 1 aliphatic heterocycles. The average Bonchev–Trinajstić information content (AvgIpc) is 2.78. The van der Waals surface area contributed by atoms with Crippen molar-refractivity contribution in [3.8, 4) is 0 Å². The third-order valence-electron chi connectivity index (χ3n) is 2.04. The minimum absolute atomic E-state index is 0.242. The van der Waals surface area contributed by atoms with Gasteiger partial charge in [-0.1, -0.05) is 23.6 Å². The lowest BCUT2D eigenvalue weighted by Gasteiger charge is -2.25. The highest BCUT2D eigenvalue weighted by molar-refractivity contribution is 8.21. The summed E-state index contributed by atoms with van der Waals surface area (Å²) < 4.78 is 29.6. The maximum Gasteiger partial charge on any atom is 0.267 e. The van der Waals surface area contributed by atoms with Gasteiger partial charge >= 0.3 is 0 Å². The molecule has 1 saturated heterocycles. The molecule has 12 heteroatoms. The van der Waals surface area contributed by atoms with Crippen molar-refractivity contribution in [1.82, 2.24) is 14.5 Å². The highest BCUT2D eigenvalue weighted by atomic mass is 32.2. The molecule has 3 N–H and O–H groups in total. The van der Waals surface area contributed by atoms with Crippen LogP contribution in [0.25, 0.3) is 0 Å². The summed E-state index contributed by atoms with van der Waals surface area (Å²) in [6.07, 6.45) is 0. The first-order valence-electron chi connectivity index (χ1n) is 5.13. The number of anilines is 1. The Morgan fingerprint density at radius 2 is 2.16 bits per heavy atom. The highest BCUT2D eigenvalue weighted by Gasteiger charge is 2.17. The van der Waals surface area contributed by atoms with Gasteiger partial charge in [-0.3, -0.25) is 0 Å². The summed E-state index contributed by atoms with van der Waals surface area (Å²) in [5.74, 6) is 0. The minimum atomic E-state index is -3.82. The number of hydrogen-bond donors (Lipinski definition) is 2. The third kappa shape index (κ3) is 4.59. The van der Waals surface area contributed by atoms with Crippen LogP contribution in [-0.4, -0.2) is 53.5 Å². The molecule has 0 atom stereocenters. The second-order valence-electron chi connectivity index (χ2n) is 3.46. The summed E-state index contributed by atoms with van der Waals surface area (Å²) in [4.78, 5) is 0. The van der Waals surface area contributed by atoms with E-state index >= 15 is 0 Å². The Labute approximate surface area is 123 Å². The van der Waals surface area contributed by atoms with Crippen LogP contribution < -0.4 is 10.5 Å². The van der Waals surface area contributed by atoms with E-state index in [1.54, 1.807) is 0 Å². The fourth-order valence-electron chi connectivity index (χ4n) is 1.24. The van der Waals surface area contributed by atoms with E-state index in [4.69, 9.17) is 22.1 Å². The van der Waals surface area contributed by atoms with Crippen LogP contribution in [0.3, 0.4) is 0 Å². The summed E-state index contributed by atoms with van der Waals surface area (Å²) in [7, 11) is -3.82. The first-order valence-corrected chi connectivity index (χ1v) is 8.67. The van der Waals surface area contributed by atoms with Gasteiger partial charge in [-0.05, 0) is 11.9 Å². The minimum Gasteiger partial charge on any atom is -0.379 e. The molecule has 1 aliphatic rings. The number of rotatable bonds is 3. The van der Waals surface area contributed by atoms with E-state index in [0.29, 0.717) is 22.7 Å². The number of aromatic nitrogens is 2. The van der Waals surface area contributed by atoms with E-state index in [0.717, 1.165) is 24.4 Å². The van der Waals surface area contributed by atoms with Gasteiger partial charge in [0.2, 0.25) is 9.47 Å². The van der Waals surface area contributed by atoms with E-state index in [9.17, 15) is 8.42 Å². The van der Waals surface area contributed by atoms with E-state index in [2.05, 4.69) is 19.8 Å². The molecule has 1 aromatic heterocycles. The van der Waals surface area contributed by atoms with Crippen LogP contribution in [0, 0.1) is 0 Å². The van der Waals surface area contributed by atoms with Crippen LogP contribution in [0.5, 0.6) is 0 Å². The molecule has 0 amide bonds. The fraction of sp³-hybridized carbons (Fsp3) is 0.571. The van der Waals surface area contributed by atoms with Gasteiger partial charge < -0.3 is 10.1 Å². The normalized spacial score (nSPS) is 17.3. The lowest BCUT2D eigenvalue weighted by Crippen LogP contribution is -2.32. The van der Waals surface area contributed by atoms with Crippen molar-refractivity contribution in [1.29, 1.82) is 0 Å². The smallest absolute Gasteiger partial charge is 0.267 e. The molecule has 2 rings (SSSR count). The monoisotopic (exact) mass is 341 g/mol. The van der Waals surface area contributed by atoms with Gasteiger partial charge in [-0.2, -0.15) is 0 Å². The van der Waals surface area contributed by atoms with Crippen molar-refractivity contribution in [2.45, 2.75) is 4.34 Å². The molecule has 0 aromatic carbocycles. The zero-order valence-corrected chi connectivity index (χ0v) is 12.9. The SMILES string of the molecule is NS(=O)(=O)c1nnc(NC(=S)SN2CCOCC2)s1. The van der Waals surface area contributed by atoms with Crippen LogP contribution in [0.1, 0.15) is 0 Å². The number of nitrogens with one attached hydrogen (secondary N) is 1. The van der Waals surface area contributed by atoms with E-state index in [1.807, 2.05) is 0 Å². The Bertz CT molecular complexity index is 553. The Kier molecular flexibility index (Phi) is 5.05. The molecule has 2 heterocycles. The van der Waals surface area contributed by atoms with Crippen molar-refractivity contribution in [2.75, 3.05) is 31.6 Å². The molecule has 0 saturated carbocycles. The molecule has 106 valence electrons. The third-order valence-corrected chi connectivity index (χ3v) is 5.41. The Morgan fingerprint density at radius 3 is 2.74 bits per heavy atom. The first kappa shape index (κ1) is 15.0. The van der Waals surface area contributed by atoms with Crippen LogP contribution in [0.15, 0.2) is 4.34 Å². The van der Waals surface area contributed by atoms with Crippen LogP contribution >= 0.6 is 35.5 Å². The number of sulfonamides is 1. The largest absolute Gasteiger partial charge is 0.379 e. The van der Waals surface area contributed by atoms with Crippen LogP contribution in [-0.2, 0) is 14.8 Å². The van der Waals surface area contributed by atoms with Crippen molar-refractivity contribution >= 4 is 55.0 Å². The molecule has 1 aromatic rings. The molecular weight excluding hydrogens is 330 g/mol. The molecule has 0 bridgehead atoms. The average molecular weight is 341 g/mol. The predicted octanol–water partition coefficient (Wildman–Crippen LogP) is -0.137. The van der Waals surface area contributed by atoms with Gasteiger partial charge in [0.05, 0.1) is 13.2 Å². The number of nitrogens with two attached hydrogens (primary N) is 1. The standard InChI is InChI=1S/C7H11N5O3S4/c8-19(13,14)7-11-10-5(17-7)9-6(16)18-12-1-3-15-4-2-12/h1-4H2,(H2,8,13,14)(H,9,10,16). The molecular formula is C7H11N5O3S4. The molecule has 0 aliphatic carbocycles. The molecule has 0 unspecified atom stereocenters. The van der Waals surface area contributed by atoms with Gasteiger partial charge in [-0.15, -0.1) is 10.2 Å². The molecule has 0 radical (unpaired) electrons. The van der Waals surface area contributed by atoms with Crippen molar-refractivity contribution < 1.29 is 13.2 Å². The van der Waals surface area contributed by atoms with Crippen LogP contribution in [0.2, 0.25) is 0 Å². The molecule has 0 spiro atoms. The Morgan fingerprint density at radius 1 is 1.47 bits per heavy atom.